The molecular weight excluding hydrogens is 400 g/mol. The number of hydrazone groups is 1. The van der Waals surface area contributed by atoms with Gasteiger partial charge in [0.1, 0.15) is 5.75 Å². The number of carboxylic acid groups (broad SMARTS) is 1. The molecule has 0 saturated carbocycles. The third-order valence-electron chi connectivity index (χ3n) is 3.48. The summed E-state index contributed by atoms with van der Waals surface area (Å²) in [4.78, 5) is 22.9. The van der Waals surface area contributed by atoms with Crippen molar-refractivity contribution in [1.29, 1.82) is 0 Å². The van der Waals surface area contributed by atoms with Crippen LogP contribution in [-0.4, -0.2) is 43.0 Å². The zero-order valence-corrected chi connectivity index (χ0v) is 16.7. The number of nitrogens with zero attached hydrogens (tertiary/aromatic N) is 1. The number of benzene rings is 2. The lowest BCUT2D eigenvalue weighted by molar-refractivity contribution is -0.139. The van der Waals surface area contributed by atoms with E-state index < -0.39 is 12.6 Å². The van der Waals surface area contributed by atoms with Gasteiger partial charge in [0.15, 0.2) is 18.1 Å². The highest BCUT2D eigenvalue weighted by atomic mass is 35.5. The van der Waals surface area contributed by atoms with Crippen LogP contribution < -0.4 is 19.6 Å². The number of hydrogen-bond donors (Lipinski definition) is 2. The van der Waals surface area contributed by atoms with E-state index >= 15 is 0 Å². The Bertz CT molecular complexity index is 883. The van der Waals surface area contributed by atoms with E-state index in [4.69, 9.17) is 30.9 Å². The first kappa shape index (κ1) is 22.0. The molecule has 1 amide bonds. The summed E-state index contributed by atoms with van der Waals surface area (Å²) in [5.41, 5.74) is 3.38. The molecule has 0 bridgehead atoms. The van der Waals surface area contributed by atoms with Crippen molar-refractivity contribution in [2.24, 2.45) is 5.10 Å². The van der Waals surface area contributed by atoms with Crippen molar-refractivity contribution in [2.75, 3.05) is 19.8 Å². The number of rotatable bonds is 10. The van der Waals surface area contributed by atoms with Crippen molar-refractivity contribution in [2.45, 2.75) is 13.8 Å². The summed E-state index contributed by atoms with van der Waals surface area (Å²) in [5.74, 6) is -0.434. The fourth-order valence-corrected chi connectivity index (χ4v) is 2.57. The van der Waals surface area contributed by atoms with Crippen LogP contribution in [0, 0.1) is 0 Å². The molecule has 2 aromatic rings. The molecule has 2 N–H and O–H groups in total. The Morgan fingerprint density at radius 1 is 1.10 bits per heavy atom. The second kappa shape index (κ2) is 10.9. The Kier molecular flexibility index (Phi) is 8.29. The number of amides is 1. The van der Waals surface area contributed by atoms with Gasteiger partial charge >= 0.3 is 5.97 Å². The molecule has 0 radical (unpaired) electrons. The van der Waals surface area contributed by atoms with E-state index in [0.717, 1.165) is 0 Å². The molecule has 8 nitrogen and oxygen atoms in total. The smallest absolute Gasteiger partial charge is 0.341 e. The highest BCUT2D eigenvalue weighted by molar-refractivity contribution is 6.32. The number of carbonyl (C=O) groups excluding carboxylic acids is 1. The van der Waals surface area contributed by atoms with E-state index in [1.54, 1.807) is 37.3 Å². The Morgan fingerprint density at radius 2 is 1.79 bits per heavy atom. The Balaban J connectivity index is 2.08. The van der Waals surface area contributed by atoms with Gasteiger partial charge in [0, 0.05) is 5.56 Å². The summed E-state index contributed by atoms with van der Waals surface area (Å²) in [5, 5.41) is 12.8. The Labute approximate surface area is 173 Å². The average molecular weight is 421 g/mol. The van der Waals surface area contributed by atoms with Gasteiger partial charge in [0.25, 0.3) is 5.91 Å². The molecule has 0 atom stereocenters. The van der Waals surface area contributed by atoms with Crippen LogP contribution in [0.5, 0.6) is 17.2 Å². The lowest BCUT2D eigenvalue weighted by atomic mass is 10.2. The summed E-state index contributed by atoms with van der Waals surface area (Å²) in [6.45, 7) is 3.97. The molecule has 2 rings (SSSR count). The molecule has 9 heteroatoms. The summed E-state index contributed by atoms with van der Waals surface area (Å²) >= 11 is 6.17. The predicted molar refractivity (Wildman–Crippen MR) is 108 cm³/mol. The molecule has 0 aliphatic heterocycles. The van der Waals surface area contributed by atoms with Crippen LogP contribution in [0.4, 0.5) is 0 Å². The third-order valence-corrected chi connectivity index (χ3v) is 3.76. The number of ether oxygens (including phenoxy) is 3. The van der Waals surface area contributed by atoms with E-state index in [9.17, 15) is 9.59 Å². The van der Waals surface area contributed by atoms with Gasteiger partial charge in [-0.25, -0.2) is 10.2 Å². The topological polar surface area (TPSA) is 106 Å². The number of hydrogen-bond acceptors (Lipinski definition) is 6. The third kappa shape index (κ3) is 6.69. The molecule has 0 aromatic heterocycles. The summed E-state index contributed by atoms with van der Waals surface area (Å²) < 4.78 is 16.0. The van der Waals surface area contributed by atoms with Crippen molar-refractivity contribution < 1.29 is 28.9 Å². The maximum Gasteiger partial charge on any atom is 0.341 e. The van der Waals surface area contributed by atoms with Gasteiger partial charge in [-0.2, -0.15) is 5.10 Å². The van der Waals surface area contributed by atoms with Crippen LogP contribution in [0.2, 0.25) is 5.02 Å². The van der Waals surface area contributed by atoms with Gasteiger partial charge in [-0.3, -0.25) is 4.79 Å². The molecule has 29 heavy (non-hydrogen) atoms. The zero-order chi connectivity index (χ0) is 21.2. The van der Waals surface area contributed by atoms with Crippen LogP contribution in [0.15, 0.2) is 41.5 Å². The molecule has 0 fully saturated rings. The number of nitrogens with one attached hydrogen (secondary N) is 1. The minimum atomic E-state index is -1.13. The standard InChI is InChI=1S/C20H21ClN2O6/c1-3-27-15-7-5-14(6-8-15)20(26)23-22-11-13-9-16(21)19(29-12-18(24)25)17(10-13)28-4-2/h5-11H,3-4,12H2,1-2H3,(H,23,26)(H,24,25)/b22-11+. The molecule has 0 saturated heterocycles. The second-order valence-electron chi connectivity index (χ2n) is 5.60. The van der Waals surface area contributed by atoms with Crippen molar-refractivity contribution >= 4 is 29.7 Å². The average Bonchev–Trinajstić information content (AvgIpc) is 2.68. The summed E-state index contributed by atoms with van der Waals surface area (Å²) in [7, 11) is 0. The zero-order valence-electron chi connectivity index (χ0n) is 16.0. The number of carbonyl (C=O) groups is 2. The van der Waals surface area contributed by atoms with Gasteiger partial charge < -0.3 is 19.3 Å². The number of halogens is 1. The van der Waals surface area contributed by atoms with Gasteiger partial charge in [0.05, 0.1) is 24.5 Å². The molecule has 2 aromatic carbocycles. The van der Waals surface area contributed by atoms with Crippen molar-refractivity contribution in [3.8, 4) is 17.2 Å². The highest BCUT2D eigenvalue weighted by Crippen LogP contribution is 2.36. The molecule has 0 unspecified atom stereocenters. The minimum Gasteiger partial charge on any atom is -0.494 e. The van der Waals surface area contributed by atoms with Gasteiger partial charge in [-0.05, 0) is 55.8 Å². The maximum absolute atomic E-state index is 12.2. The fourth-order valence-electron chi connectivity index (χ4n) is 2.30. The van der Waals surface area contributed by atoms with E-state index in [2.05, 4.69) is 10.5 Å². The van der Waals surface area contributed by atoms with Crippen LogP contribution in [0.25, 0.3) is 0 Å². The summed E-state index contributed by atoms with van der Waals surface area (Å²) in [6.07, 6.45) is 1.39. The quantitative estimate of drug-likeness (QED) is 0.451. The molecule has 0 aliphatic carbocycles. The van der Waals surface area contributed by atoms with E-state index in [-0.39, 0.29) is 22.4 Å². The Morgan fingerprint density at radius 3 is 2.41 bits per heavy atom. The van der Waals surface area contributed by atoms with Crippen molar-refractivity contribution in [3.63, 3.8) is 0 Å². The first-order chi connectivity index (χ1) is 13.9. The van der Waals surface area contributed by atoms with E-state index in [1.165, 1.54) is 12.3 Å². The van der Waals surface area contributed by atoms with Gasteiger partial charge in [-0.1, -0.05) is 11.6 Å². The van der Waals surface area contributed by atoms with E-state index in [1.807, 2.05) is 6.92 Å². The first-order valence-corrected chi connectivity index (χ1v) is 9.19. The predicted octanol–water partition coefficient (Wildman–Crippen LogP) is 3.36. The normalized spacial score (nSPS) is 10.6. The highest BCUT2D eigenvalue weighted by Gasteiger charge is 2.13. The molecule has 0 heterocycles. The van der Waals surface area contributed by atoms with Crippen LogP contribution >= 0.6 is 11.6 Å². The second-order valence-corrected chi connectivity index (χ2v) is 6.01. The van der Waals surface area contributed by atoms with Crippen molar-refractivity contribution in [1.82, 2.24) is 5.43 Å². The largest absolute Gasteiger partial charge is 0.494 e. The van der Waals surface area contributed by atoms with Crippen LogP contribution in [0.3, 0.4) is 0 Å². The minimum absolute atomic E-state index is 0.131. The Hall–Kier alpha value is -3.26. The lowest BCUT2D eigenvalue weighted by Gasteiger charge is -2.13. The van der Waals surface area contributed by atoms with Crippen LogP contribution in [-0.2, 0) is 4.79 Å². The van der Waals surface area contributed by atoms with Crippen molar-refractivity contribution in [3.05, 3.63) is 52.5 Å². The molecular formula is C20H21ClN2O6. The maximum atomic E-state index is 12.2. The first-order valence-electron chi connectivity index (χ1n) is 8.81. The van der Waals surface area contributed by atoms with E-state index in [0.29, 0.717) is 30.1 Å². The summed E-state index contributed by atoms with van der Waals surface area (Å²) in [6, 6.07) is 9.77. The monoisotopic (exact) mass is 420 g/mol. The van der Waals surface area contributed by atoms with Gasteiger partial charge in [-0.15, -0.1) is 0 Å². The molecule has 0 spiro atoms. The van der Waals surface area contributed by atoms with Crippen LogP contribution in [0.1, 0.15) is 29.8 Å². The van der Waals surface area contributed by atoms with Gasteiger partial charge in [0.2, 0.25) is 0 Å². The number of carboxylic acids is 1. The number of aliphatic carboxylic acids is 1. The SMILES string of the molecule is CCOc1ccc(C(=O)N/N=C/c2cc(Cl)c(OCC(=O)O)c(OCC)c2)cc1. The molecule has 154 valence electrons. The fraction of sp³-hybridized carbons (Fsp3) is 0.250. The lowest BCUT2D eigenvalue weighted by Crippen LogP contribution is -2.17. The molecule has 0 aliphatic rings.